The molecule has 1 saturated heterocycles. The van der Waals surface area contributed by atoms with Crippen LogP contribution in [0, 0.1) is 17.3 Å². The second-order valence-corrected chi connectivity index (χ2v) is 6.34. The van der Waals surface area contributed by atoms with Gasteiger partial charge in [-0.15, -0.1) is 12.4 Å². The maximum absolute atomic E-state index is 12.7. The lowest BCUT2D eigenvalue weighted by molar-refractivity contribution is -0.137. The Bertz CT molecular complexity index is 821. The zero-order chi connectivity index (χ0) is 18.1. The number of halogens is 4. The van der Waals surface area contributed by atoms with Crippen molar-refractivity contribution in [1.29, 1.82) is 0 Å². The molecule has 1 aromatic heterocycles. The predicted molar refractivity (Wildman–Crippen MR) is 94.8 cm³/mol. The van der Waals surface area contributed by atoms with Crippen LogP contribution in [0.3, 0.4) is 0 Å². The number of nitrogens with zero attached hydrogens (tertiary/aromatic N) is 1. The molecular weight excluding hydrogens is 365 g/mol. The Morgan fingerprint density at radius 2 is 1.85 bits per heavy atom. The normalized spacial score (nSPS) is 16.5. The van der Waals surface area contributed by atoms with E-state index in [9.17, 15) is 13.2 Å². The first-order valence-corrected chi connectivity index (χ1v) is 7.77. The average Bonchev–Trinajstić information content (AvgIpc) is 2.57. The Morgan fingerprint density at radius 3 is 2.38 bits per heavy atom. The average molecular weight is 383 g/mol. The van der Waals surface area contributed by atoms with Gasteiger partial charge in [0, 0.05) is 11.8 Å². The van der Waals surface area contributed by atoms with E-state index in [4.69, 9.17) is 10.5 Å². The predicted octanol–water partition coefficient (Wildman–Crippen LogP) is 3.96. The van der Waals surface area contributed by atoms with Crippen molar-refractivity contribution in [3.8, 4) is 11.8 Å². The summed E-state index contributed by atoms with van der Waals surface area (Å²) in [7, 11) is 0. The summed E-state index contributed by atoms with van der Waals surface area (Å²) < 4.78 is 43.2. The molecule has 1 atom stereocenters. The van der Waals surface area contributed by atoms with E-state index in [0.717, 1.165) is 12.1 Å². The SMILES string of the molecule is CC1(C#Cc2cccnc2[C@@H](N)c2ccc(C(F)(F)F)cc2)COC1.Cl. The van der Waals surface area contributed by atoms with Crippen LogP contribution in [0.5, 0.6) is 0 Å². The molecule has 1 fully saturated rings. The molecule has 0 amide bonds. The van der Waals surface area contributed by atoms with Gasteiger partial charge in [0.15, 0.2) is 0 Å². The third-order valence-corrected chi connectivity index (χ3v) is 4.07. The second kappa shape index (κ2) is 7.67. The molecule has 1 aromatic carbocycles. The molecule has 2 heterocycles. The van der Waals surface area contributed by atoms with Crippen LogP contribution in [-0.4, -0.2) is 18.2 Å². The first-order chi connectivity index (χ1) is 11.8. The summed E-state index contributed by atoms with van der Waals surface area (Å²) in [6.45, 7) is 3.18. The summed E-state index contributed by atoms with van der Waals surface area (Å²) in [6, 6.07) is 7.71. The van der Waals surface area contributed by atoms with Crippen molar-refractivity contribution in [2.75, 3.05) is 13.2 Å². The minimum absolute atomic E-state index is 0. The van der Waals surface area contributed by atoms with E-state index in [0.29, 0.717) is 30.0 Å². The highest BCUT2D eigenvalue weighted by atomic mass is 35.5. The van der Waals surface area contributed by atoms with Gasteiger partial charge in [-0.3, -0.25) is 4.98 Å². The Kier molecular flexibility index (Phi) is 5.97. The van der Waals surface area contributed by atoms with Gasteiger partial charge in [0.05, 0.1) is 35.9 Å². The van der Waals surface area contributed by atoms with E-state index in [1.54, 1.807) is 12.3 Å². The number of aromatic nitrogens is 1. The summed E-state index contributed by atoms with van der Waals surface area (Å²) in [5, 5.41) is 0. The van der Waals surface area contributed by atoms with Gasteiger partial charge in [0.2, 0.25) is 0 Å². The molecular formula is C19H18ClF3N2O. The smallest absolute Gasteiger partial charge is 0.378 e. The largest absolute Gasteiger partial charge is 0.416 e. The van der Waals surface area contributed by atoms with E-state index in [1.807, 2.05) is 13.0 Å². The van der Waals surface area contributed by atoms with Crippen molar-refractivity contribution in [2.45, 2.75) is 19.1 Å². The van der Waals surface area contributed by atoms with Crippen molar-refractivity contribution in [2.24, 2.45) is 11.1 Å². The number of hydrogen-bond donors (Lipinski definition) is 1. The third kappa shape index (κ3) is 4.36. The summed E-state index contributed by atoms with van der Waals surface area (Å²) in [6.07, 6.45) is -2.77. The molecule has 1 aliphatic heterocycles. The first kappa shape index (κ1) is 20.2. The fourth-order valence-corrected chi connectivity index (χ4v) is 2.51. The molecule has 7 heteroatoms. The molecule has 3 nitrogen and oxygen atoms in total. The van der Waals surface area contributed by atoms with E-state index in [-0.39, 0.29) is 17.8 Å². The molecule has 0 aliphatic carbocycles. The van der Waals surface area contributed by atoms with Gasteiger partial charge in [-0.2, -0.15) is 13.2 Å². The van der Waals surface area contributed by atoms with Crippen LogP contribution in [0.1, 0.15) is 35.3 Å². The van der Waals surface area contributed by atoms with Crippen LogP contribution in [0.2, 0.25) is 0 Å². The fourth-order valence-electron chi connectivity index (χ4n) is 2.51. The topological polar surface area (TPSA) is 48.1 Å². The first-order valence-electron chi connectivity index (χ1n) is 7.77. The van der Waals surface area contributed by atoms with Crippen LogP contribution < -0.4 is 5.73 Å². The minimum Gasteiger partial charge on any atom is -0.378 e. The van der Waals surface area contributed by atoms with Crippen molar-refractivity contribution in [3.05, 3.63) is 65.0 Å². The van der Waals surface area contributed by atoms with Crippen molar-refractivity contribution >= 4 is 12.4 Å². The summed E-state index contributed by atoms with van der Waals surface area (Å²) in [5.74, 6) is 6.26. The Labute approximate surface area is 156 Å². The Morgan fingerprint density at radius 1 is 1.19 bits per heavy atom. The van der Waals surface area contributed by atoms with Crippen LogP contribution in [0.15, 0.2) is 42.6 Å². The molecule has 0 radical (unpaired) electrons. The van der Waals surface area contributed by atoms with E-state index < -0.39 is 17.8 Å². The van der Waals surface area contributed by atoms with Crippen LogP contribution in [-0.2, 0) is 10.9 Å². The fraction of sp³-hybridized carbons (Fsp3) is 0.316. The van der Waals surface area contributed by atoms with Gasteiger partial charge < -0.3 is 10.5 Å². The van der Waals surface area contributed by atoms with Gasteiger partial charge in [-0.25, -0.2) is 0 Å². The maximum Gasteiger partial charge on any atom is 0.416 e. The lowest BCUT2D eigenvalue weighted by atomic mass is 9.89. The summed E-state index contributed by atoms with van der Waals surface area (Å²) in [4.78, 5) is 4.29. The highest BCUT2D eigenvalue weighted by Gasteiger charge is 2.31. The third-order valence-electron chi connectivity index (χ3n) is 4.07. The zero-order valence-corrected chi connectivity index (χ0v) is 14.8. The lowest BCUT2D eigenvalue weighted by Gasteiger charge is -2.32. The second-order valence-electron chi connectivity index (χ2n) is 6.34. The molecule has 0 spiro atoms. The number of alkyl halides is 3. The molecule has 3 rings (SSSR count). The van der Waals surface area contributed by atoms with Crippen LogP contribution in [0.25, 0.3) is 0 Å². The van der Waals surface area contributed by atoms with Gasteiger partial charge in [-0.05, 0) is 36.8 Å². The van der Waals surface area contributed by atoms with Gasteiger partial charge >= 0.3 is 6.18 Å². The van der Waals surface area contributed by atoms with E-state index >= 15 is 0 Å². The number of hydrogen-bond acceptors (Lipinski definition) is 3. The summed E-state index contributed by atoms with van der Waals surface area (Å²) >= 11 is 0. The molecule has 0 unspecified atom stereocenters. The minimum atomic E-state index is -4.37. The number of pyridine rings is 1. The Balaban J connectivity index is 0.00000243. The monoisotopic (exact) mass is 382 g/mol. The van der Waals surface area contributed by atoms with Gasteiger partial charge in [-0.1, -0.05) is 24.0 Å². The van der Waals surface area contributed by atoms with Crippen LogP contribution in [0.4, 0.5) is 13.2 Å². The van der Waals surface area contributed by atoms with E-state index in [1.165, 1.54) is 12.1 Å². The number of rotatable bonds is 2. The number of nitrogens with two attached hydrogens (primary N) is 1. The molecule has 138 valence electrons. The van der Waals surface area contributed by atoms with Crippen LogP contribution >= 0.6 is 12.4 Å². The molecule has 0 bridgehead atoms. The van der Waals surface area contributed by atoms with Gasteiger partial charge in [0.1, 0.15) is 0 Å². The molecule has 1 aliphatic rings. The van der Waals surface area contributed by atoms with Crippen molar-refractivity contribution in [3.63, 3.8) is 0 Å². The van der Waals surface area contributed by atoms with E-state index in [2.05, 4.69) is 16.8 Å². The highest BCUT2D eigenvalue weighted by Crippen LogP contribution is 2.31. The molecule has 26 heavy (non-hydrogen) atoms. The zero-order valence-electron chi connectivity index (χ0n) is 14.0. The summed E-state index contributed by atoms with van der Waals surface area (Å²) in [5.41, 5.74) is 7.10. The molecule has 0 saturated carbocycles. The quantitative estimate of drug-likeness (QED) is 0.800. The molecule has 2 aromatic rings. The van der Waals surface area contributed by atoms with Crippen molar-refractivity contribution in [1.82, 2.24) is 4.98 Å². The highest BCUT2D eigenvalue weighted by molar-refractivity contribution is 5.85. The molecule has 2 N–H and O–H groups in total. The number of ether oxygens (including phenoxy) is 1. The standard InChI is InChI=1S/C19H17F3N2O.ClH/c1-18(11-25-12-18)9-8-14-3-2-10-24-17(14)16(23)13-4-6-15(7-5-13)19(20,21)22;/h2-7,10,16H,11-12,23H2,1H3;1H/t16-;/m0./s1. The van der Waals surface area contributed by atoms with Gasteiger partial charge in [0.25, 0.3) is 0 Å². The maximum atomic E-state index is 12.7. The Hall–Kier alpha value is -2.07. The van der Waals surface area contributed by atoms with Crippen molar-refractivity contribution < 1.29 is 17.9 Å². The lowest BCUT2D eigenvalue weighted by Crippen LogP contribution is -2.38. The number of benzene rings is 1.